The van der Waals surface area contributed by atoms with Gasteiger partial charge in [-0.15, -0.1) is 0 Å². The Morgan fingerprint density at radius 1 is 1.27 bits per heavy atom. The van der Waals surface area contributed by atoms with Crippen molar-refractivity contribution in [2.24, 2.45) is 0 Å². The molecule has 1 aliphatic heterocycles. The van der Waals surface area contributed by atoms with Crippen molar-refractivity contribution >= 4 is 34.1 Å². The number of aromatic nitrogens is 4. The highest BCUT2D eigenvalue weighted by Crippen LogP contribution is 2.28. The van der Waals surface area contributed by atoms with E-state index in [0.717, 1.165) is 42.1 Å². The average Bonchev–Trinajstić information content (AvgIpc) is 3.11. The molecule has 0 amide bonds. The number of nitrogens with two attached hydrogens (primary N) is 1. The topological polar surface area (TPSA) is 84.1 Å². The molecule has 7 nitrogen and oxygen atoms in total. The van der Waals surface area contributed by atoms with Gasteiger partial charge in [0, 0.05) is 35.7 Å². The summed E-state index contributed by atoms with van der Waals surface area (Å²) in [6.07, 6.45) is 4.36. The zero-order valence-electron chi connectivity index (χ0n) is 14.5. The second-order valence-electron chi connectivity index (χ2n) is 6.56. The number of rotatable bonds is 4. The van der Waals surface area contributed by atoms with E-state index in [2.05, 4.69) is 36.8 Å². The second-order valence-corrected chi connectivity index (χ2v) is 7.00. The molecule has 0 bridgehead atoms. The predicted molar refractivity (Wildman–Crippen MR) is 103 cm³/mol. The molecule has 0 saturated carbocycles. The van der Waals surface area contributed by atoms with Crippen LogP contribution >= 0.6 is 11.6 Å². The highest BCUT2D eigenvalue weighted by Gasteiger charge is 2.28. The summed E-state index contributed by atoms with van der Waals surface area (Å²) in [6.45, 7) is 2.51. The van der Waals surface area contributed by atoms with Gasteiger partial charge in [-0.25, -0.2) is 19.9 Å². The van der Waals surface area contributed by atoms with Crippen LogP contribution in [0.5, 0.6) is 0 Å². The van der Waals surface area contributed by atoms with Gasteiger partial charge in [0.15, 0.2) is 0 Å². The Labute approximate surface area is 156 Å². The van der Waals surface area contributed by atoms with E-state index in [1.807, 2.05) is 18.2 Å². The minimum absolute atomic E-state index is 0.400. The highest BCUT2D eigenvalue weighted by molar-refractivity contribution is 6.31. The molecule has 1 atom stereocenters. The summed E-state index contributed by atoms with van der Waals surface area (Å²) >= 11 is 6.08. The maximum Gasteiger partial charge on any atom is 0.144 e. The van der Waals surface area contributed by atoms with Crippen LogP contribution in [0.3, 0.4) is 0 Å². The minimum Gasteiger partial charge on any atom is -0.384 e. The first-order valence-electron chi connectivity index (χ1n) is 8.53. The van der Waals surface area contributed by atoms with Crippen molar-refractivity contribution < 1.29 is 0 Å². The molecule has 4 rings (SSSR count). The second kappa shape index (κ2) is 7.01. The van der Waals surface area contributed by atoms with Crippen LogP contribution in [0.15, 0.2) is 36.8 Å². The van der Waals surface area contributed by atoms with Crippen molar-refractivity contribution in [2.75, 3.05) is 30.8 Å². The van der Waals surface area contributed by atoms with E-state index in [-0.39, 0.29) is 0 Å². The summed E-state index contributed by atoms with van der Waals surface area (Å²) in [6, 6.07) is 7.85. The number of halogens is 1. The van der Waals surface area contributed by atoms with Crippen LogP contribution in [0.2, 0.25) is 5.02 Å². The predicted octanol–water partition coefficient (Wildman–Crippen LogP) is 2.37. The Balaban J connectivity index is 1.50. The molecule has 0 spiro atoms. The van der Waals surface area contributed by atoms with E-state index in [9.17, 15) is 0 Å². The summed E-state index contributed by atoms with van der Waals surface area (Å²) in [4.78, 5) is 22.0. The van der Waals surface area contributed by atoms with Crippen molar-refractivity contribution in [1.29, 1.82) is 0 Å². The third-order valence-electron chi connectivity index (χ3n) is 4.78. The van der Waals surface area contributed by atoms with Crippen LogP contribution < -0.4 is 10.6 Å². The molecule has 0 radical (unpaired) electrons. The fourth-order valence-electron chi connectivity index (χ4n) is 3.41. The molecule has 3 heterocycles. The van der Waals surface area contributed by atoms with Crippen LogP contribution in [0.1, 0.15) is 12.2 Å². The van der Waals surface area contributed by atoms with E-state index in [1.54, 1.807) is 18.6 Å². The zero-order valence-corrected chi connectivity index (χ0v) is 15.3. The van der Waals surface area contributed by atoms with Crippen molar-refractivity contribution in [3.63, 3.8) is 0 Å². The van der Waals surface area contributed by atoms with Crippen LogP contribution in [-0.4, -0.2) is 51.0 Å². The molecule has 2 N–H and O–H groups in total. The molecule has 0 aliphatic carbocycles. The van der Waals surface area contributed by atoms with Gasteiger partial charge in [-0.2, -0.15) is 0 Å². The lowest BCUT2D eigenvalue weighted by Crippen LogP contribution is -2.34. The molecule has 1 aliphatic rings. The van der Waals surface area contributed by atoms with E-state index in [4.69, 9.17) is 17.3 Å². The Morgan fingerprint density at radius 3 is 3.00 bits per heavy atom. The number of likely N-dealkylation sites (N-methyl/N-ethyl adjacent to an activating group) is 1. The molecule has 1 unspecified atom stereocenters. The van der Waals surface area contributed by atoms with E-state index < -0.39 is 0 Å². The molecule has 134 valence electrons. The van der Waals surface area contributed by atoms with Crippen molar-refractivity contribution in [2.45, 2.75) is 19.0 Å². The molecule has 8 heteroatoms. The number of anilines is 2. The summed E-state index contributed by atoms with van der Waals surface area (Å²) in [7, 11) is 2.10. The van der Waals surface area contributed by atoms with Gasteiger partial charge >= 0.3 is 0 Å². The standard InChI is InChI=1S/C18H20ClN7/c1-25(10-17-21-6-4-16(20)24-17)13-5-7-26(9-13)18-14-3-2-12(19)8-15(14)22-11-23-18/h2-4,6,8,11,13H,5,7,9-10H2,1H3,(H2,20,21,24). The van der Waals surface area contributed by atoms with Gasteiger partial charge in [0.2, 0.25) is 0 Å². The highest BCUT2D eigenvalue weighted by atomic mass is 35.5. The number of fused-ring (bicyclic) bond motifs is 1. The third-order valence-corrected chi connectivity index (χ3v) is 5.02. The van der Waals surface area contributed by atoms with E-state index in [1.165, 1.54) is 0 Å². The van der Waals surface area contributed by atoms with Gasteiger partial charge in [0.05, 0.1) is 12.1 Å². The first kappa shape index (κ1) is 16.9. The van der Waals surface area contributed by atoms with Gasteiger partial charge in [0.1, 0.15) is 23.8 Å². The summed E-state index contributed by atoms with van der Waals surface area (Å²) < 4.78 is 0. The number of hydrogen-bond acceptors (Lipinski definition) is 7. The third kappa shape index (κ3) is 3.40. The number of nitrogens with zero attached hydrogens (tertiary/aromatic N) is 6. The van der Waals surface area contributed by atoms with Crippen LogP contribution in [0.4, 0.5) is 11.6 Å². The lowest BCUT2D eigenvalue weighted by Gasteiger charge is -2.24. The van der Waals surface area contributed by atoms with Crippen molar-refractivity contribution in [1.82, 2.24) is 24.8 Å². The number of hydrogen-bond donors (Lipinski definition) is 1. The largest absolute Gasteiger partial charge is 0.384 e. The monoisotopic (exact) mass is 369 g/mol. The number of benzene rings is 1. The molecular formula is C18H20ClN7. The lowest BCUT2D eigenvalue weighted by molar-refractivity contribution is 0.244. The average molecular weight is 370 g/mol. The first-order chi connectivity index (χ1) is 12.6. The van der Waals surface area contributed by atoms with Crippen LogP contribution in [0, 0.1) is 0 Å². The van der Waals surface area contributed by atoms with Gasteiger partial charge in [-0.05, 0) is 37.7 Å². The summed E-state index contributed by atoms with van der Waals surface area (Å²) in [5.74, 6) is 2.21. The minimum atomic E-state index is 0.400. The Morgan fingerprint density at radius 2 is 2.15 bits per heavy atom. The SMILES string of the molecule is CN(Cc1nccc(N)n1)C1CCN(c2ncnc3cc(Cl)ccc23)C1. The molecule has 1 saturated heterocycles. The Bertz CT molecular complexity index is 932. The smallest absolute Gasteiger partial charge is 0.144 e. The van der Waals surface area contributed by atoms with E-state index >= 15 is 0 Å². The fourth-order valence-corrected chi connectivity index (χ4v) is 3.57. The number of nitrogen functional groups attached to an aromatic ring is 1. The lowest BCUT2D eigenvalue weighted by atomic mass is 10.2. The summed E-state index contributed by atoms with van der Waals surface area (Å²) in [5, 5.41) is 1.71. The molecule has 1 aromatic carbocycles. The quantitative estimate of drug-likeness (QED) is 0.755. The Kier molecular flexibility index (Phi) is 4.57. The first-order valence-corrected chi connectivity index (χ1v) is 8.91. The van der Waals surface area contributed by atoms with E-state index in [0.29, 0.717) is 23.4 Å². The summed E-state index contributed by atoms with van der Waals surface area (Å²) in [5.41, 5.74) is 6.62. The molecular weight excluding hydrogens is 350 g/mol. The maximum atomic E-state index is 6.08. The molecule has 1 fully saturated rings. The van der Waals surface area contributed by atoms with Crippen LogP contribution in [0.25, 0.3) is 10.9 Å². The zero-order chi connectivity index (χ0) is 18.1. The van der Waals surface area contributed by atoms with Gasteiger partial charge in [-0.3, -0.25) is 4.90 Å². The Hall–Kier alpha value is -2.51. The van der Waals surface area contributed by atoms with Crippen molar-refractivity contribution in [3.05, 3.63) is 47.6 Å². The normalized spacial score (nSPS) is 17.3. The molecule has 2 aromatic heterocycles. The van der Waals surface area contributed by atoms with Gasteiger partial charge in [0.25, 0.3) is 0 Å². The van der Waals surface area contributed by atoms with Gasteiger partial charge in [-0.1, -0.05) is 11.6 Å². The van der Waals surface area contributed by atoms with Gasteiger partial charge < -0.3 is 10.6 Å². The van der Waals surface area contributed by atoms with Crippen molar-refractivity contribution in [3.8, 4) is 0 Å². The molecule has 26 heavy (non-hydrogen) atoms. The maximum absolute atomic E-state index is 6.08. The fraction of sp³-hybridized carbons (Fsp3) is 0.333. The van der Waals surface area contributed by atoms with Crippen LogP contribution in [-0.2, 0) is 6.54 Å². The molecule has 3 aromatic rings.